The van der Waals surface area contributed by atoms with Crippen molar-refractivity contribution in [2.75, 3.05) is 4.90 Å². The summed E-state index contributed by atoms with van der Waals surface area (Å²) in [6.45, 7) is 1.42. The van der Waals surface area contributed by atoms with Crippen molar-refractivity contribution in [3.05, 3.63) is 29.8 Å². The molecule has 1 aliphatic rings. The maximum Gasteiger partial charge on any atom is 0.329 e. The van der Waals surface area contributed by atoms with Crippen LogP contribution in [0.2, 0.25) is 0 Å². The lowest BCUT2D eigenvalue weighted by atomic mass is 10.1. The van der Waals surface area contributed by atoms with Crippen LogP contribution in [-0.4, -0.2) is 23.1 Å². The number of amides is 3. The summed E-state index contributed by atoms with van der Waals surface area (Å²) in [5.41, 5.74) is 0.997. The molecule has 0 aliphatic carbocycles. The summed E-state index contributed by atoms with van der Waals surface area (Å²) >= 11 is 0. The Bertz CT molecular complexity index is 445. The lowest BCUT2D eigenvalue weighted by Crippen LogP contribution is -2.31. The summed E-state index contributed by atoms with van der Waals surface area (Å²) in [5, 5.41) is 11.7. The van der Waals surface area contributed by atoms with Crippen LogP contribution < -0.4 is 10.2 Å². The molecule has 0 aromatic heterocycles. The standard InChI is InChI=1S/C11H12N2O3/c1-7-10(15)13(11(16)12-7)9-5-3-2-4-8(9)6-14/h2-5,7,14H,6H2,1H3,(H,12,16). The van der Waals surface area contributed by atoms with Gasteiger partial charge in [-0.3, -0.25) is 4.79 Å². The third-order valence-electron chi connectivity index (χ3n) is 2.54. The SMILES string of the molecule is CC1NC(=O)N(c2ccccc2CO)C1=O. The van der Waals surface area contributed by atoms with Crippen molar-refractivity contribution in [2.45, 2.75) is 19.6 Å². The molecular formula is C11H12N2O3. The Morgan fingerprint density at radius 1 is 1.38 bits per heavy atom. The van der Waals surface area contributed by atoms with Gasteiger partial charge in [0.1, 0.15) is 6.04 Å². The number of imide groups is 1. The van der Waals surface area contributed by atoms with Gasteiger partial charge in [-0.2, -0.15) is 0 Å². The minimum Gasteiger partial charge on any atom is -0.392 e. The van der Waals surface area contributed by atoms with Crippen LogP contribution in [0.3, 0.4) is 0 Å². The molecule has 0 spiro atoms. The molecule has 5 nitrogen and oxygen atoms in total. The molecule has 1 aromatic rings. The predicted molar refractivity (Wildman–Crippen MR) is 57.8 cm³/mol. The van der Waals surface area contributed by atoms with E-state index < -0.39 is 12.1 Å². The van der Waals surface area contributed by atoms with Crippen LogP contribution in [0.15, 0.2) is 24.3 Å². The summed E-state index contributed by atoms with van der Waals surface area (Å²) in [6, 6.07) is 5.83. The van der Waals surface area contributed by atoms with Crippen LogP contribution in [0.5, 0.6) is 0 Å². The summed E-state index contributed by atoms with van der Waals surface area (Å²) in [7, 11) is 0. The summed E-state index contributed by atoms with van der Waals surface area (Å²) in [5.74, 6) is -0.300. The van der Waals surface area contributed by atoms with Crippen LogP contribution in [0, 0.1) is 0 Å². The number of para-hydroxylation sites is 1. The maximum atomic E-state index is 11.7. The number of aliphatic hydroxyl groups excluding tert-OH is 1. The molecule has 3 amide bonds. The molecule has 0 bridgehead atoms. The van der Waals surface area contributed by atoms with E-state index in [9.17, 15) is 9.59 Å². The lowest BCUT2D eigenvalue weighted by molar-refractivity contribution is -0.117. The van der Waals surface area contributed by atoms with E-state index in [-0.39, 0.29) is 12.5 Å². The van der Waals surface area contributed by atoms with Gasteiger partial charge in [-0.1, -0.05) is 18.2 Å². The van der Waals surface area contributed by atoms with E-state index in [4.69, 9.17) is 5.11 Å². The molecule has 1 unspecified atom stereocenters. The number of nitrogens with zero attached hydrogens (tertiary/aromatic N) is 1. The van der Waals surface area contributed by atoms with Crippen molar-refractivity contribution in [2.24, 2.45) is 0 Å². The second-order valence-corrected chi connectivity index (χ2v) is 3.63. The van der Waals surface area contributed by atoms with Crippen molar-refractivity contribution in [3.63, 3.8) is 0 Å². The largest absolute Gasteiger partial charge is 0.392 e. The molecule has 1 aliphatic heterocycles. The van der Waals surface area contributed by atoms with Gasteiger partial charge in [0, 0.05) is 5.56 Å². The quantitative estimate of drug-likeness (QED) is 0.718. The maximum absolute atomic E-state index is 11.7. The van der Waals surface area contributed by atoms with Gasteiger partial charge in [0.2, 0.25) is 0 Å². The third-order valence-corrected chi connectivity index (χ3v) is 2.54. The smallest absolute Gasteiger partial charge is 0.329 e. The number of hydrogen-bond acceptors (Lipinski definition) is 3. The number of hydrogen-bond donors (Lipinski definition) is 2. The zero-order valence-electron chi connectivity index (χ0n) is 8.80. The number of anilines is 1. The highest BCUT2D eigenvalue weighted by atomic mass is 16.3. The van der Waals surface area contributed by atoms with Crippen LogP contribution in [0.1, 0.15) is 12.5 Å². The first-order valence-corrected chi connectivity index (χ1v) is 4.98. The van der Waals surface area contributed by atoms with E-state index >= 15 is 0 Å². The van der Waals surface area contributed by atoms with Gasteiger partial charge >= 0.3 is 6.03 Å². The van der Waals surface area contributed by atoms with E-state index in [2.05, 4.69) is 5.32 Å². The van der Waals surface area contributed by atoms with Gasteiger partial charge < -0.3 is 10.4 Å². The molecule has 1 aromatic carbocycles. The molecule has 1 fully saturated rings. The Labute approximate surface area is 92.7 Å². The van der Waals surface area contributed by atoms with Crippen molar-refractivity contribution in [3.8, 4) is 0 Å². The Kier molecular flexibility index (Phi) is 2.62. The molecule has 5 heteroatoms. The molecule has 84 valence electrons. The summed E-state index contributed by atoms with van der Waals surface area (Å²) in [4.78, 5) is 24.4. The van der Waals surface area contributed by atoms with E-state index in [0.717, 1.165) is 4.90 Å². The topological polar surface area (TPSA) is 69.6 Å². The molecule has 2 N–H and O–H groups in total. The van der Waals surface area contributed by atoms with E-state index in [1.54, 1.807) is 31.2 Å². The average molecular weight is 220 g/mol. The van der Waals surface area contributed by atoms with E-state index in [1.165, 1.54) is 0 Å². The Hall–Kier alpha value is -1.88. The first-order valence-electron chi connectivity index (χ1n) is 4.98. The monoisotopic (exact) mass is 220 g/mol. The van der Waals surface area contributed by atoms with Gasteiger partial charge in [0.25, 0.3) is 5.91 Å². The Balaban J connectivity index is 2.44. The zero-order valence-corrected chi connectivity index (χ0v) is 8.80. The summed E-state index contributed by atoms with van der Waals surface area (Å²) < 4.78 is 0. The zero-order chi connectivity index (χ0) is 11.7. The van der Waals surface area contributed by atoms with Crippen molar-refractivity contribution in [1.29, 1.82) is 0 Å². The molecule has 1 heterocycles. The lowest BCUT2D eigenvalue weighted by Gasteiger charge is -2.15. The van der Waals surface area contributed by atoms with Gasteiger partial charge in [0.15, 0.2) is 0 Å². The number of rotatable bonds is 2. The highest BCUT2D eigenvalue weighted by molar-refractivity contribution is 6.21. The number of nitrogens with one attached hydrogen (secondary N) is 1. The van der Waals surface area contributed by atoms with Crippen LogP contribution in [-0.2, 0) is 11.4 Å². The number of carbonyl (C=O) groups excluding carboxylic acids is 2. The van der Waals surface area contributed by atoms with E-state index in [1.807, 2.05) is 0 Å². The number of carbonyl (C=O) groups is 2. The molecule has 16 heavy (non-hydrogen) atoms. The first kappa shape index (κ1) is 10.6. The first-order chi connectivity index (χ1) is 7.65. The van der Waals surface area contributed by atoms with Gasteiger partial charge in [0.05, 0.1) is 12.3 Å². The van der Waals surface area contributed by atoms with Crippen LogP contribution >= 0.6 is 0 Å². The summed E-state index contributed by atoms with van der Waals surface area (Å²) in [6.07, 6.45) is 0. The van der Waals surface area contributed by atoms with Crippen LogP contribution in [0.25, 0.3) is 0 Å². The number of aliphatic hydroxyl groups is 1. The minimum absolute atomic E-state index is 0.207. The Morgan fingerprint density at radius 3 is 2.62 bits per heavy atom. The van der Waals surface area contributed by atoms with Crippen molar-refractivity contribution in [1.82, 2.24) is 5.32 Å². The molecule has 2 rings (SSSR count). The molecule has 1 atom stereocenters. The highest BCUT2D eigenvalue weighted by Crippen LogP contribution is 2.23. The Morgan fingerprint density at radius 2 is 2.06 bits per heavy atom. The van der Waals surface area contributed by atoms with Crippen LogP contribution in [0.4, 0.5) is 10.5 Å². The van der Waals surface area contributed by atoms with Gasteiger partial charge in [-0.05, 0) is 13.0 Å². The van der Waals surface area contributed by atoms with Gasteiger partial charge in [-0.25, -0.2) is 9.69 Å². The fourth-order valence-corrected chi connectivity index (χ4v) is 1.70. The van der Waals surface area contributed by atoms with Gasteiger partial charge in [-0.15, -0.1) is 0 Å². The fraction of sp³-hybridized carbons (Fsp3) is 0.273. The fourth-order valence-electron chi connectivity index (χ4n) is 1.70. The van der Waals surface area contributed by atoms with Crippen molar-refractivity contribution >= 4 is 17.6 Å². The number of benzene rings is 1. The molecule has 1 saturated heterocycles. The molecular weight excluding hydrogens is 208 g/mol. The minimum atomic E-state index is -0.515. The normalized spacial score (nSPS) is 20.1. The predicted octanol–water partition coefficient (Wildman–Crippen LogP) is 0.624. The number of urea groups is 1. The van der Waals surface area contributed by atoms with Crippen molar-refractivity contribution < 1.29 is 14.7 Å². The molecule has 0 saturated carbocycles. The second-order valence-electron chi connectivity index (χ2n) is 3.63. The average Bonchev–Trinajstić information content (AvgIpc) is 2.53. The molecule has 0 radical (unpaired) electrons. The van der Waals surface area contributed by atoms with E-state index in [0.29, 0.717) is 11.3 Å². The highest BCUT2D eigenvalue weighted by Gasteiger charge is 2.36. The second kappa shape index (κ2) is 3.94. The third kappa shape index (κ3) is 1.55.